The van der Waals surface area contributed by atoms with Gasteiger partial charge in [0.15, 0.2) is 0 Å². The molecular formula is C14H18Cl2FNO2. The van der Waals surface area contributed by atoms with Crippen molar-refractivity contribution in [3.8, 4) is 0 Å². The summed E-state index contributed by atoms with van der Waals surface area (Å²) in [6.45, 7) is 3.21. The molecule has 0 radical (unpaired) electrons. The van der Waals surface area contributed by atoms with E-state index in [1.54, 1.807) is 0 Å². The van der Waals surface area contributed by atoms with Gasteiger partial charge in [0.05, 0.1) is 17.7 Å². The Bertz CT molecular complexity index is 459. The lowest BCUT2D eigenvalue weighted by Gasteiger charge is -2.33. The number of ether oxygens (including phenoxy) is 1. The van der Waals surface area contributed by atoms with Crippen molar-refractivity contribution >= 4 is 23.2 Å². The SMILES string of the molecule is OCCCCN1CCOC(c2cc(F)c(Cl)cc2Cl)C1. The Morgan fingerprint density at radius 2 is 2.10 bits per heavy atom. The lowest BCUT2D eigenvalue weighted by atomic mass is 10.1. The summed E-state index contributed by atoms with van der Waals surface area (Å²) in [5.41, 5.74) is 0.639. The molecule has 1 heterocycles. The zero-order chi connectivity index (χ0) is 14.5. The zero-order valence-electron chi connectivity index (χ0n) is 11.1. The van der Waals surface area contributed by atoms with Crippen molar-refractivity contribution in [2.45, 2.75) is 18.9 Å². The minimum atomic E-state index is -0.480. The van der Waals surface area contributed by atoms with E-state index in [2.05, 4.69) is 4.90 Å². The fraction of sp³-hybridized carbons (Fsp3) is 0.571. The first-order valence-corrected chi connectivity index (χ1v) is 7.46. The summed E-state index contributed by atoms with van der Waals surface area (Å²) in [4.78, 5) is 2.24. The molecule has 0 aromatic heterocycles. The Labute approximate surface area is 128 Å². The van der Waals surface area contributed by atoms with Crippen LogP contribution in [0.5, 0.6) is 0 Å². The second kappa shape index (κ2) is 7.57. The van der Waals surface area contributed by atoms with Crippen molar-refractivity contribution in [2.75, 3.05) is 32.8 Å². The van der Waals surface area contributed by atoms with Gasteiger partial charge < -0.3 is 9.84 Å². The van der Waals surface area contributed by atoms with Crippen LogP contribution in [0.4, 0.5) is 4.39 Å². The van der Waals surface area contributed by atoms with Crippen molar-refractivity contribution in [3.63, 3.8) is 0 Å². The third-order valence-corrected chi connectivity index (χ3v) is 4.04. The van der Waals surface area contributed by atoms with Gasteiger partial charge in [0.2, 0.25) is 0 Å². The molecule has 0 amide bonds. The van der Waals surface area contributed by atoms with Gasteiger partial charge in [0.1, 0.15) is 5.82 Å². The predicted molar refractivity (Wildman–Crippen MR) is 77.9 cm³/mol. The highest BCUT2D eigenvalue weighted by Crippen LogP contribution is 2.32. The normalized spacial score (nSPS) is 20.3. The average molecular weight is 322 g/mol. The number of aliphatic hydroxyl groups excluding tert-OH is 1. The molecule has 1 fully saturated rings. The van der Waals surface area contributed by atoms with Gasteiger partial charge in [-0.15, -0.1) is 0 Å². The van der Waals surface area contributed by atoms with Crippen LogP contribution in [0.15, 0.2) is 12.1 Å². The van der Waals surface area contributed by atoms with Gasteiger partial charge in [0.25, 0.3) is 0 Å². The number of rotatable bonds is 5. The van der Waals surface area contributed by atoms with E-state index in [1.807, 2.05) is 0 Å². The molecule has 0 spiro atoms. The molecule has 1 aliphatic heterocycles. The fourth-order valence-electron chi connectivity index (χ4n) is 2.33. The molecule has 2 rings (SSSR count). The van der Waals surface area contributed by atoms with Gasteiger partial charge in [-0.25, -0.2) is 4.39 Å². The smallest absolute Gasteiger partial charge is 0.142 e. The maximum Gasteiger partial charge on any atom is 0.142 e. The predicted octanol–water partition coefficient (Wildman–Crippen LogP) is 3.28. The summed E-state index contributed by atoms with van der Waals surface area (Å²) in [6, 6.07) is 2.77. The lowest BCUT2D eigenvalue weighted by Crippen LogP contribution is -2.39. The molecule has 1 aliphatic rings. The molecule has 0 saturated carbocycles. The van der Waals surface area contributed by atoms with Crippen LogP contribution in [0.1, 0.15) is 24.5 Å². The maximum absolute atomic E-state index is 13.6. The number of benzene rings is 1. The van der Waals surface area contributed by atoms with Crippen LogP contribution in [0, 0.1) is 5.82 Å². The van der Waals surface area contributed by atoms with Gasteiger partial charge in [-0.2, -0.15) is 0 Å². The molecule has 20 heavy (non-hydrogen) atoms. The summed E-state index contributed by atoms with van der Waals surface area (Å²) in [7, 11) is 0. The highest BCUT2D eigenvalue weighted by Gasteiger charge is 2.24. The Kier molecular flexibility index (Phi) is 6.05. The number of morpholine rings is 1. The van der Waals surface area contributed by atoms with E-state index in [9.17, 15) is 4.39 Å². The summed E-state index contributed by atoms with van der Waals surface area (Å²) in [6.07, 6.45) is 1.49. The van der Waals surface area contributed by atoms with Gasteiger partial charge >= 0.3 is 0 Å². The second-order valence-corrected chi connectivity index (χ2v) is 5.69. The molecule has 1 unspecified atom stereocenters. The van der Waals surface area contributed by atoms with E-state index in [4.69, 9.17) is 33.0 Å². The number of aliphatic hydroxyl groups is 1. The third-order valence-electron chi connectivity index (χ3n) is 3.42. The highest BCUT2D eigenvalue weighted by atomic mass is 35.5. The molecule has 1 aromatic carbocycles. The molecular weight excluding hydrogens is 304 g/mol. The quantitative estimate of drug-likeness (QED) is 0.667. The zero-order valence-corrected chi connectivity index (χ0v) is 12.6. The van der Waals surface area contributed by atoms with Gasteiger partial charge in [0, 0.05) is 30.3 Å². The van der Waals surface area contributed by atoms with Crippen LogP contribution in [0.3, 0.4) is 0 Å². The summed E-state index contributed by atoms with van der Waals surface area (Å²) in [5, 5.41) is 9.26. The Hall–Kier alpha value is -0.390. The molecule has 1 aromatic rings. The molecule has 0 bridgehead atoms. The Morgan fingerprint density at radius 1 is 1.30 bits per heavy atom. The van der Waals surface area contributed by atoms with E-state index in [0.29, 0.717) is 23.7 Å². The van der Waals surface area contributed by atoms with Gasteiger partial charge in [-0.05, 0) is 31.5 Å². The summed E-state index contributed by atoms with van der Waals surface area (Å²) >= 11 is 11.8. The van der Waals surface area contributed by atoms with E-state index in [1.165, 1.54) is 12.1 Å². The third kappa shape index (κ3) is 4.06. The molecule has 1 N–H and O–H groups in total. The van der Waals surface area contributed by atoms with E-state index in [-0.39, 0.29) is 17.7 Å². The number of hydrogen-bond donors (Lipinski definition) is 1. The first-order valence-electron chi connectivity index (χ1n) is 6.71. The molecule has 6 heteroatoms. The van der Waals surface area contributed by atoms with Crippen LogP contribution in [-0.4, -0.2) is 42.9 Å². The molecule has 1 saturated heterocycles. The molecule has 1 atom stereocenters. The average Bonchev–Trinajstić information content (AvgIpc) is 2.43. The van der Waals surface area contributed by atoms with Gasteiger partial charge in [-0.1, -0.05) is 23.2 Å². The fourth-order valence-corrected chi connectivity index (χ4v) is 2.83. The number of unbranched alkanes of at least 4 members (excludes halogenated alkanes) is 1. The number of hydrogen-bond acceptors (Lipinski definition) is 3. The lowest BCUT2D eigenvalue weighted by molar-refractivity contribution is -0.0306. The van der Waals surface area contributed by atoms with Crippen molar-refractivity contribution in [1.82, 2.24) is 4.90 Å². The topological polar surface area (TPSA) is 32.7 Å². The summed E-state index contributed by atoms with van der Waals surface area (Å²) < 4.78 is 19.3. The first kappa shape index (κ1) is 16.0. The van der Waals surface area contributed by atoms with Gasteiger partial charge in [-0.3, -0.25) is 4.90 Å². The minimum Gasteiger partial charge on any atom is -0.396 e. The molecule has 3 nitrogen and oxygen atoms in total. The monoisotopic (exact) mass is 321 g/mol. The number of halogens is 3. The second-order valence-electron chi connectivity index (χ2n) is 4.88. The van der Waals surface area contributed by atoms with Crippen LogP contribution in [0.2, 0.25) is 10.0 Å². The summed E-state index contributed by atoms with van der Waals surface area (Å²) in [5.74, 6) is -0.480. The van der Waals surface area contributed by atoms with Crippen molar-refractivity contribution in [3.05, 3.63) is 33.6 Å². The maximum atomic E-state index is 13.6. The number of nitrogens with zero attached hydrogens (tertiary/aromatic N) is 1. The first-order chi connectivity index (χ1) is 9.61. The van der Waals surface area contributed by atoms with E-state index >= 15 is 0 Å². The Morgan fingerprint density at radius 3 is 2.85 bits per heavy atom. The van der Waals surface area contributed by atoms with Crippen LogP contribution in [0.25, 0.3) is 0 Å². The Balaban J connectivity index is 2.03. The van der Waals surface area contributed by atoms with Crippen molar-refractivity contribution < 1.29 is 14.2 Å². The van der Waals surface area contributed by atoms with E-state index in [0.717, 1.165) is 25.9 Å². The van der Waals surface area contributed by atoms with Crippen LogP contribution < -0.4 is 0 Å². The molecule has 0 aliphatic carbocycles. The molecule has 112 valence electrons. The van der Waals surface area contributed by atoms with Crippen LogP contribution in [-0.2, 0) is 4.74 Å². The van der Waals surface area contributed by atoms with Crippen LogP contribution >= 0.6 is 23.2 Å². The van der Waals surface area contributed by atoms with Crippen molar-refractivity contribution in [1.29, 1.82) is 0 Å². The van der Waals surface area contributed by atoms with Crippen molar-refractivity contribution in [2.24, 2.45) is 0 Å². The van der Waals surface area contributed by atoms with E-state index < -0.39 is 5.82 Å². The minimum absolute atomic E-state index is 0.0226. The largest absolute Gasteiger partial charge is 0.396 e. The highest BCUT2D eigenvalue weighted by molar-refractivity contribution is 6.35. The standard InChI is InChI=1S/C14H18Cl2FNO2/c15-11-8-12(16)13(17)7-10(11)14-9-18(4-6-20-14)3-1-2-5-19/h7-8,14,19H,1-6,9H2.